The van der Waals surface area contributed by atoms with E-state index in [0.717, 1.165) is 11.8 Å². The predicted molar refractivity (Wildman–Crippen MR) is 74.2 cm³/mol. The van der Waals surface area contributed by atoms with E-state index < -0.39 is 0 Å². The van der Waals surface area contributed by atoms with Crippen LogP contribution in [0.1, 0.15) is 71.1 Å². The van der Waals surface area contributed by atoms with E-state index in [-0.39, 0.29) is 0 Å². The first kappa shape index (κ1) is 12.9. The van der Waals surface area contributed by atoms with Gasteiger partial charge in [0.05, 0.1) is 11.9 Å². The molecule has 17 heavy (non-hydrogen) atoms. The lowest BCUT2D eigenvalue weighted by molar-refractivity contribution is 0.414. The Hall–Kier alpha value is -0.530. The lowest BCUT2D eigenvalue weighted by Gasteiger charge is -2.24. The molecule has 2 heteroatoms. The van der Waals surface area contributed by atoms with Crippen LogP contribution in [0.3, 0.4) is 0 Å². The molecule has 0 radical (unpaired) electrons. The zero-order valence-corrected chi connectivity index (χ0v) is 11.3. The van der Waals surface area contributed by atoms with Crippen molar-refractivity contribution in [1.29, 1.82) is 0 Å². The number of nitrogens with zero attached hydrogens (tertiary/aromatic N) is 1. The molecule has 2 fully saturated rings. The molecule has 0 aliphatic heterocycles. The summed E-state index contributed by atoms with van der Waals surface area (Å²) in [5, 5.41) is 0. The monoisotopic (exact) mass is 236 g/mol. The van der Waals surface area contributed by atoms with Gasteiger partial charge in [0.15, 0.2) is 0 Å². The fourth-order valence-electron chi connectivity index (χ4n) is 3.36. The highest BCUT2D eigenvalue weighted by Crippen LogP contribution is 2.28. The van der Waals surface area contributed by atoms with Crippen molar-refractivity contribution in [3.63, 3.8) is 0 Å². The third-order valence-corrected chi connectivity index (χ3v) is 4.65. The van der Waals surface area contributed by atoms with Gasteiger partial charge in [-0.2, -0.15) is 0 Å². The molecule has 0 amide bonds. The van der Waals surface area contributed by atoms with Crippen LogP contribution >= 0.6 is 0 Å². The van der Waals surface area contributed by atoms with E-state index in [0.29, 0.717) is 12.0 Å². The van der Waals surface area contributed by atoms with Crippen LogP contribution in [0.5, 0.6) is 0 Å². The van der Waals surface area contributed by atoms with Gasteiger partial charge in [0.25, 0.3) is 0 Å². The van der Waals surface area contributed by atoms with Crippen molar-refractivity contribution in [1.82, 2.24) is 0 Å². The van der Waals surface area contributed by atoms with Crippen molar-refractivity contribution < 1.29 is 0 Å². The minimum absolute atomic E-state index is 0.513. The molecular weight excluding hydrogens is 208 g/mol. The zero-order valence-electron chi connectivity index (χ0n) is 11.3. The van der Waals surface area contributed by atoms with Crippen molar-refractivity contribution in [2.24, 2.45) is 22.6 Å². The molecule has 0 saturated heterocycles. The van der Waals surface area contributed by atoms with Crippen molar-refractivity contribution in [2.45, 2.75) is 77.2 Å². The molecule has 0 aromatic carbocycles. The maximum atomic E-state index is 6.24. The van der Waals surface area contributed by atoms with Gasteiger partial charge in [-0.1, -0.05) is 45.4 Å². The molecule has 0 spiro atoms. The fourth-order valence-corrected chi connectivity index (χ4v) is 3.36. The summed E-state index contributed by atoms with van der Waals surface area (Å²) in [6.45, 7) is 2.35. The Morgan fingerprint density at radius 3 is 2.18 bits per heavy atom. The minimum atomic E-state index is 0.513. The van der Waals surface area contributed by atoms with E-state index in [9.17, 15) is 0 Å². The molecule has 2 rings (SSSR count). The molecule has 0 bridgehead atoms. The Kier molecular flexibility index (Phi) is 4.87. The molecule has 2 saturated carbocycles. The quantitative estimate of drug-likeness (QED) is 0.441. The second-order valence-corrected chi connectivity index (χ2v) is 6.07. The van der Waals surface area contributed by atoms with Crippen LogP contribution in [-0.2, 0) is 0 Å². The van der Waals surface area contributed by atoms with Gasteiger partial charge < -0.3 is 5.73 Å². The van der Waals surface area contributed by atoms with Crippen LogP contribution in [0.25, 0.3) is 0 Å². The van der Waals surface area contributed by atoms with Crippen molar-refractivity contribution in [3.05, 3.63) is 0 Å². The second-order valence-electron chi connectivity index (χ2n) is 6.07. The fraction of sp³-hybridized carbons (Fsp3) is 0.933. The normalized spacial score (nSPS) is 33.4. The summed E-state index contributed by atoms with van der Waals surface area (Å²) >= 11 is 0. The number of aliphatic imine (C=N–C) groups is 1. The van der Waals surface area contributed by atoms with Crippen LogP contribution in [0.2, 0.25) is 0 Å². The van der Waals surface area contributed by atoms with E-state index in [2.05, 4.69) is 6.92 Å². The first-order valence-electron chi connectivity index (χ1n) is 7.60. The number of rotatable bonds is 2. The summed E-state index contributed by atoms with van der Waals surface area (Å²) in [4.78, 5) is 4.90. The van der Waals surface area contributed by atoms with Crippen LogP contribution in [-0.4, -0.2) is 11.9 Å². The average Bonchev–Trinajstić information content (AvgIpc) is 2.56. The third kappa shape index (κ3) is 3.72. The largest absolute Gasteiger partial charge is 0.387 e. The van der Waals surface area contributed by atoms with Gasteiger partial charge in [-0.3, -0.25) is 4.99 Å². The van der Waals surface area contributed by atoms with Crippen LogP contribution in [0, 0.1) is 11.8 Å². The van der Waals surface area contributed by atoms with Gasteiger partial charge in [0.2, 0.25) is 0 Å². The molecule has 0 aromatic heterocycles. The van der Waals surface area contributed by atoms with Crippen molar-refractivity contribution in [2.75, 3.05) is 0 Å². The summed E-state index contributed by atoms with van der Waals surface area (Å²) in [6, 6.07) is 0.513. The Morgan fingerprint density at radius 1 is 0.882 bits per heavy atom. The summed E-state index contributed by atoms with van der Waals surface area (Å²) < 4.78 is 0. The third-order valence-electron chi connectivity index (χ3n) is 4.65. The number of hydrogen-bond donors (Lipinski definition) is 1. The molecule has 2 N–H and O–H groups in total. The van der Waals surface area contributed by atoms with Crippen LogP contribution in [0.15, 0.2) is 4.99 Å². The number of amidine groups is 1. The molecule has 0 aromatic rings. The van der Waals surface area contributed by atoms with Gasteiger partial charge in [-0.25, -0.2) is 0 Å². The van der Waals surface area contributed by atoms with Crippen molar-refractivity contribution in [3.8, 4) is 0 Å². The van der Waals surface area contributed by atoms with Gasteiger partial charge in [-0.05, 0) is 31.6 Å². The van der Waals surface area contributed by atoms with Gasteiger partial charge >= 0.3 is 0 Å². The molecular formula is C15H28N2. The molecule has 2 nitrogen and oxygen atoms in total. The highest BCUT2D eigenvalue weighted by molar-refractivity contribution is 5.83. The van der Waals surface area contributed by atoms with Crippen LogP contribution in [0.4, 0.5) is 0 Å². The summed E-state index contributed by atoms with van der Waals surface area (Å²) in [5.74, 6) is 2.31. The zero-order chi connectivity index (χ0) is 12.1. The average molecular weight is 236 g/mol. The lowest BCUT2D eigenvalue weighted by Crippen LogP contribution is -2.29. The first-order valence-corrected chi connectivity index (χ1v) is 7.60. The highest BCUT2D eigenvalue weighted by atomic mass is 14.9. The first-order chi connectivity index (χ1) is 8.27. The topological polar surface area (TPSA) is 38.4 Å². The Morgan fingerprint density at radius 2 is 1.47 bits per heavy atom. The Labute approximate surface area is 106 Å². The van der Waals surface area contributed by atoms with Gasteiger partial charge in [0.1, 0.15) is 0 Å². The maximum Gasteiger partial charge on any atom is 0.0971 e. The standard InChI is InChI=1S/C15H28N2/c1-12-8-4-2-7-11-14(12)17-15(16)13-9-5-3-6-10-13/h12-14H,2-11H2,1H3,(H2,16,17). The summed E-state index contributed by atoms with van der Waals surface area (Å²) in [5.41, 5.74) is 6.24. The smallest absolute Gasteiger partial charge is 0.0971 e. The van der Waals surface area contributed by atoms with E-state index in [1.807, 2.05) is 0 Å². The maximum absolute atomic E-state index is 6.24. The molecule has 98 valence electrons. The highest BCUT2D eigenvalue weighted by Gasteiger charge is 2.22. The van der Waals surface area contributed by atoms with Crippen molar-refractivity contribution >= 4 is 5.84 Å². The molecule has 2 aliphatic rings. The van der Waals surface area contributed by atoms with E-state index in [4.69, 9.17) is 10.7 Å². The molecule has 2 unspecified atom stereocenters. The molecule has 0 heterocycles. The van der Waals surface area contributed by atoms with E-state index >= 15 is 0 Å². The minimum Gasteiger partial charge on any atom is -0.387 e. The molecule has 2 atom stereocenters. The predicted octanol–water partition coefficient (Wildman–Crippen LogP) is 3.89. The van der Waals surface area contributed by atoms with Gasteiger partial charge in [0, 0.05) is 5.92 Å². The summed E-state index contributed by atoms with van der Waals surface area (Å²) in [7, 11) is 0. The SMILES string of the molecule is CC1CCCCCC1N=C(N)C1CCCCC1. The second kappa shape index (κ2) is 6.42. The van der Waals surface area contributed by atoms with Gasteiger partial charge in [-0.15, -0.1) is 0 Å². The van der Waals surface area contributed by atoms with Crippen LogP contribution < -0.4 is 5.73 Å². The molecule has 2 aliphatic carbocycles. The number of nitrogens with two attached hydrogens (primary N) is 1. The summed E-state index contributed by atoms with van der Waals surface area (Å²) in [6.07, 6.45) is 13.4. The van der Waals surface area contributed by atoms with E-state index in [1.54, 1.807) is 0 Å². The number of hydrogen-bond acceptors (Lipinski definition) is 1. The Balaban J connectivity index is 1.95. The Bertz CT molecular complexity index is 254. The van der Waals surface area contributed by atoms with E-state index in [1.165, 1.54) is 64.2 Å². The lowest BCUT2D eigenvalue weighted by atomic mass is 9.88.